The smallest absolute Gasteiger partial charge is 0.408 e. The molecule has 0 saturated heterocycles. The van der Waals surface area contributed by atoms with Crippen LogP contribution in [0, 0.1) is 0 Å². The van der Waals surface area contributed by atoms with Gasteiger partial charge in [-0.05, 0) is 56.2 Å². The third kappa shape index (κ3) is 6.61. The van der Waals surface area contributed by atoms with E-state index in [-0.39, 0.29) is 5.91 Å². The highest BCUT2D eigenvalue weighted by Gasteiger charge is 2.34. The third-order valence-electron chi connectivity index (χ3n) is 5.73. The second kappa shape index (κ2) is 11.1. The van der Waals surface area contributed by atoms with E-state index in [0.29, 0.717) is 5.69 Å². The summed E-state index contributed by atoms with van der Waals surface area (Å²) in [5.41, 5.74) is 2.53. The molecule has 1 atom stereocenters. The summed E-state index contributed by atoms with van der Waals surface area (Å²) in [6.07, 6.45) is 0.966. The second-order valence-electron chi connectivity index (χ2n) is 9.75. The van der Waals surface area contributed by atoms with Crippen LogP contribution in [0.1, 0.15) is 37.8 Å². The van der Waals surface area contributed by atoms with Crippen molar-refractivity contribution in [1.29, 1.82) is 0 Å². The Kier molecular flexibility index (Phi) is 7.67. The van der Waals surface area contributed by atoms with Gasteiger partial charge in [-0.25, -0.2) is 4.79 Å². The molecule has 0 aliphatic rings. The number of anilines is 1. The van der Waals surface area contributed by atoms with Crippen LogP contribution in [-0.4, -0.2) is 38.4 Å². The van der Waals surface area contributed by atoms with Crippen LogP contribution >= 0.6 is 0 Å². The molecule has 4 rings (SSSR count). The fourth-order valence-electron chi connectivity index (χ4n) is 4.10. The van der Waals surface area contributed by atoms with Crippen molar-refractivity contribution in [2.24, 2.45) is 7.05 Å². The average molecular weight is 498 g/mol. The quantitative estimate of drug-likeness (QED) is 0.368. The summed E-state index contributed by atoms with van der Waals surface area (Å²) in [6.45, 7) is 5.35. The Bertz CT molecular complexity index is 1290. The molecule has 0 fully saturated rings. The van der Waals surface area contributed by atoms with Crippen molar-refractivity contribution in [3.8, 4) is 11.4 Å². The van der Waals surface area contributed by atoms with Crippen molar-refractivity contribution in [2.75, 3.05) is 5.32 Å². The van der Waals surface area contributed by atoms with E-state index in [1.165, 1.54) is 0 Å². The zero-order valence-corrected chi connectivity index (χ0v) is 21.4. The summed E-state index contributed by atoms with van der Waals surface area (Å²) in [7, 11) is 1.87. The number of ether oxygens (including phenoxy) is 1. The highest BCUT2D eigenvalue weighted by atomic mass is 16.6. The van der Waals surface area contributed by atoms with Gasteiger partial charge in [0, 0.05) is 24.2 Å². The molecule has 190 valence electrons. The second-order valence-corrected chi connectivity index (χ2v) is 9.75. The summed E-state index contributed by atoms with van der Waals surface area (Å²) in [5, 5.41) is 13.8. The topological polar surface area (TPSA) is 98.1 Å². The van der Waals surface area contributed by atoms with E-state index in [1.54, 1.807) is 39.2 Å². The molecule has 1 aromatic heterocycles. The molecule has 0 bridgehead atoms. The maximum Gasteiger partial charge on any atom is 0.408 e. The van der Waals surface area contributed by atoms with Crippen molar-refractivity contribution in [3.05, 3.63) is 102 Å². The Morgan fingerprint density at radius 3 is 1.92 bits per heavy atom. The van der Waals surface area contributed by atoms with Gasteiger partial charge in [-0.3, -0.25) is 4.79 Å². The summed E-state index contributed by atoms with van der Waals surface area (Å²) >= 11 is 0. The van der Waals surface area contributed by atoms with Crippen molar-refractivity contribution >= 4 is 17.7 Å². The standard InChI is InChI=1S/C29H31N5O3/c1-29(2,3)37-28(36)32-25(24(20-11-7-5-8-12-20)21-13-9-6-10-14-21)27(35)31-23-17-15-22(16-18-23)26-33-30-19-34(26)4/h5-19,24-25H,1-4H3,(H,31,35)(H,32,36)/t25-/m0/s1. The minimum atomic E-state index is -0.946. The summed E-state index contributed by atoms with van der Waals surface area (Å²) in [4.78, 5) is 26.6. The van der Waals surface area contributed by atoms with Gasteiger partial charge >= 0.3 is 6.09 Å². The minimum absolute atomic E-state index is 0.366. The van der Waals surface area contributed by atoms with Gasteiger partial charge in [-0.15, -0.1) is 10.2 Å². The molecule has 0 saturated carbocycles. The molecule has 0 aliphatic carbocycles. The average Bonchev–Trinajstić information content (AvgIpc) is 3.30. The third-order valence-corrected chi connectivity index (χ3v) is 5.73. The lowest BCUT2D eigenvalue weighted by atomic mass is 9.84. The maximum absolute atomic E-state index is 13.8. The van der Waals surface area contributed by atoms with Crippen LogP contribution in [0.5, 0.6) is 0 Å². The van der Waals surface area contributed by atoms with E-state index >= 15 is 0 Å². The van der Waals surface area contributed by atoms with Gasteiger partial charge in [0.2, 0.25) is 5.91 Å². The summed E-state index contributed by atoms with van der Waals surface area (Å²) in [5.74, 6) is -0.0987. The monoisotopic (exact) mass is 497 g/mol. The van der Waals surface area contributed by atoms with E-state index < -0.39 is 23.7 Å². The predicted octanol–water partition coefficient (Wildman–Crippen LogP) is 5.15. The molecular formula is C29H31N5O3. The fraction of sp³-hybridized carbons (Fsp3) is 0.241. The molecule has 37 heavy (non-hydrogen) atoms. The first-order chi connectivity index (χ1) is 17.7. The Balaban J connectivity index is 1.66. The van der Waals surface area contributed by atoms with Crippen LogP contribution in [0.3, 0.4) is 0 Å². The molecule has 2 N–H and O–H groups in total. The molecule has 4 aromatic rings. The zero-order chi connectivity index (χ0) is 26.4. The van der Waals surface area contributed by atoms with Crippen LogP contribution in [0.2, 0.25) is 0 Å². The number of rotatable bonds is 7. The number of carbonyl (C=O) groups excluding carboxylic acids is 2. The lowest BCUT2D eigenvalue weighted by Crippen LogP contribution is -2.49. The maximum atomic E-state index is 13.8. The molecule has 0 radical (unpaired) electrons. The number of hydrogen-bond acceptors (Lipinski definition) is 5. The molecule has 1 heterocycles. The number of benzene rings is 3. The van der Waals surface area contributed by atoms with E-state index in [1.807, 2.05) is 84.4 Å². The van der Waals surface area contributed by atoms with Crippen LogP contribution in [0.4, 0.5) is 10.5 Å². The number of aromatic nitrogens is 3. The first-order valence-electron chi connectivity index (χ1n) is 12.1. The highest BCUT2D eigenvalue weighted by molar-refractivity contribution is 5.98. The van der Waals surface area contributed by atoms with Gasteiger partial charge in [0.1, 0.15) is 18.0 Å². The Labute approximate surface area is 216 Å². The predicted molar refractivity (Wildman–Crippen MR) is 143 cm³/mol. The molecule has 0 spiro atoms. The van der Waals surface area contributed by atoms with Gasteiger partial charge in [0.15, 0.2) is 5.82 Å². The van der Waals surface area contributed by atoms with Gasteiger partial charge in [0.05, 0.1) is 0 Å². The zero-order valence-electron chi connectivity index (χ0n) is 21.4. The molecule has 3 aromatic carbocycles. The van der Waals surface area contributed by atoms with E-state index in [2.05, 4.69) is 20.8 Å². The Hall–Kier alpha value is -4.46. The number of amides is 2. The number of alkyl carbamates (subject to hydrolysis) is 1. The first-order valence-corrected chi connectivity index (χ1v) is 12.1. The van der Waals surface area contributed by atoms with Gasteiger partial charge in [-0.2, -0.15) is 0 Å². The Morgan fingerprint density at radius 1 is 0.865 bits per heavy atom. The molecule has 0 aliphatic heterocycles. The summed E-state index contributed by atoms with van der Waals surface area (Å²) in [6, 6.07) is 25.7. The lowest BCUT2D eigenvalue weighted by molar-refractivity contribution is -0.118. The van der Waals surface area contributed by atoms with E-state index in [4.69, 9.17) is 4.74 Å². The van der Waals surface area contributed by atoms with Gasteiger partial charge in [-0.1, -0.05) is 60.7 Å². The van der Waals surface area contributed by atoms with Crippen molar-refractivity contribution in [3.63, 3.8) is 0 Å². The first kappa shape index (κ1) is 25.6. The van der Waals surface area contributed by atoms with E-state index in [0.717, 1.165) is 22.5 Å². The number of aryl methyl sites for hydroxylation is 1. The van der Waals surface area contributed by atoms with Crippen molar-refractivity contribution < 1.29 is 14.3 Å². The molecule has 0 unspecified atom stereocenters. The lowest BCUT2D eigenvalue weighted by Gasteiger charge is -2.29. The largest absolute Gasteiger partial charge is 0.444 e. The minimum Gasteiger partial charge on any atom is -0.444 e. The SMILES string of the molecule is Cn1cnnc1-c1ccc(NC(=O)[C@@H](NC(=O)OC(C)(C)C)C(c2ccccc2)c2ccccc2)cc1. The summed E-state index contributed by atoms with van der Waals surface area (Å²) < 4.78 is 7.33. The van der Waals surface area contributed by atoms with Crippen molar-refractivity contribution in [1.82, 2.24) is 20.1 Å². The molecule has 2 amide bonds. The van der Waals surface area contributed by atoms with Gasteiger partial charge < -0.3 is 19.9 Å². The van der Waals surface area contributed by atoms with E-state index in [9.17, 15) is 9.59 Å². The Morgan fingerprint density at radius 2 is 1.43 bits per heavy atom. The van der Waals surface area contributed by atoms with Crippen LogP contribution in [0.15, 0.2) is 91.3 Å². The highest BCUT2D eigenvalue weighted by Crippen LogP contribution is 2.29. The van der Waals surface area contributed by atoms with Crippen LogP contribution < -0.4 is 10.6 Å². The van der Waals surface area contributed by atoms with Gasteiger partial charge in [0.25, 0.3) is 0 Å². The fourth-order valence-corrected chi connectivity index (χ4v) is 4.10. The number of hydrogen-bond donors (Lipinski definition) is 2. The van der Waals surface area contributed by atoms with Crippen LogP contribution in [0.25, 0.3) is 11.4 Å². The normalized spacial score (nSPS) is 12.1. The number of nitrogens with one attached hydrogen (secondary N) is 2. The number of carbonyl (C=O) groups is 2. The molecule has 8 heteroatoms. The van der Waals surface area contributed by atoms with Crippen LogP contribution in [-0.2, 0) is 16.6 Å². The molecular weight excluding hydrogens is 466 g/mol. The number of nitrogens with zero attached hydrogens (tertiary/aromatic N) is 3. The van der Waals surface area contributed by atoms with Crippen molar-refractivity contribution in [2.45, 2.75) is 38.3 Å². The molecule has 8 nitrogen and oxygen atoms in total.